The lowest BCUT2D eigenvalue weighted by Crippen LogP contribution is -2.03. The first kappa shape index (κ1) is 20.2. The molecule has 1 aromatic rings. The lowest BCUT2D eigenvalue weighted by molar-refractivity contribution is 0.0443. The van der Waals surface area contributed by atoms with E-state index in [9.17, 15) is 9.59 Å². The molecule has 0 aliphatic carbocycles. The first-order valence-electron chi connectivity index (χ1n) is 5.78. The molecule has 0 radical (unpaired) electrons. The summed E-state index contributed by atoms with van der Waals surface area (Å²) in [5, 5.41) is 16.2. The zero-order valence-electron chi connectivity index (χ0n) is 10.9. The van der Waals surface area contributed by atoms with Gasteiger partial charge < -0.3 is 19.7 Å². The van der Waals surface area contributed by atoms with Gasteiger partial charge in [-0.05, 0) is 63.7 Å². The summed E-state index contributed by atoms with van der Waals surface area (Å²) < 4.78 is 11.5. The molecule has 2 rings (SSSR count). The van der Waals surface area contributed by atoms with E-state index in [0.29, 0.717) is 31.1 Å². The average molecular weight is 570 g/mol. The largest absolute Gasteiger partial charge is 0.394 e. The molecule has 0 bridgehead atoms. The minimum absolute atomic E-state index is 0.0278. The van der Waals surface area contributed by atoms with E-state index in [4.69, 9.17) is 10.2 Å². The number of cyclic esters (lactones) is 2. The molecule has 22 heavy (non-hydrogen) atoms. The van der Waals surface area contributed by atoms with Crippen molar-refractivity contribution in [3.05, 3.63) is 29.0 Å². The molecule has 0 atom stereocenters. The van der Waals surface area contributed by atoms with Crippen LogP contribution < -0.4 is 0 Å². The van der Waals surface area contributed by atoms with Crippen molar-refractivity contribution in [2.45, 2.75) is 0 Å². The van der Waals surface area contributed by atoms with Crippen LogP contribution in [0.1, 0.15) is 20.7 Å². The zero-order valence-corrected chi connectivity index (χ0v) is 17.2. The van der Waals surface area contributed by atoms with E-state index in [1.807, 2.05) is 0 Å². The highest BCUT2D eigenvalue weighted by molar-refractivity contribution is 9.15. The Balaban J connectivity index is 0.000000295. The van der Waals surface area contributed by atoms with Crippen molar-refractivity contribution in [1.29, 1.82) is 0 Å². The van der Waals surface area contributed by atoms with E-state index in [1.54, 1.807) is 0 Å². The van der Waals surface area contributed by atoms with Crippen LogP contribution in [0.5, 0.6) is 0 Å². The summed E-state index contributed by atoms with van der Waals surface area (Å²) in [7, 11) is 0. The predicted molar refractivity (Wildman–Crippen MR) is 92.0 cm³/mol. The highest BCUT2D eigenvalue weighted by atomic mass is 79.9. The summed E-state index contributed by atoms with van der Waals surface area (Å²) in [6, 6.07) is 0. The molecule has 1 aliphatic rings. The monoisotopic (exact) mass is 566 g/mol. The SMILES string of the molecule is O=C1OC(=O)c2c(Br)c(Br)c(Br)c(Br)c21.OCCOCCO. The number of carbonyl (C=O) groups excluding carboxylic acids is 2. The maximum Gasteiger partial charge on any atom is 0.348 e. The number of hydrogen-bond donors (Lipinski definition) is 2. The smallest absolute Gasteiger partial charge is 0.348 e. The molecule has 1 aliphatic heterocycles. The standard InChI is InChI=1S/C8Br4O3.C4H10O3/c9-3-1-2(8(14)15-7(1)13)4(10)6(12)5(3)11;5-1-3-7-4-2-6/h;5-6H,1-4H2. The van der Waals surface area contributed by atoms with Gasteiger partial charge in [-0.2, -0.15) is 0 Å². The number of fused-ring (bicyclic) bond motifs is 1. The van der Waals surface area contributed by atoms with Crippen LogP contribution >= 0.6 is 63.7 Å². The molecule has 122 valence electrons. The molecule has 1 heterocycles. The molecule has 0 amide bonds. The fraction of sp³-hybridized carbons (Fsp3) is 0.333. The second-order valence-electron chi connectivity index (χ2n) is 3.74. The van der Waals surface area contributed by atoms with Gasteiger partial charge in [0.1, 0.15) is 0 Å². The molecule has 0 aromatic heterocycles. The number of rotatable bonds is 4. The van der Waals surface area contributed by atoms with Crippen LogP contribution in [0, 0.1) is 0 Å². The third kappa shape index (κ3) is 4.59. The minimum atomic E-state index is -0.643. The summed E-state index contributed by atoms with van der Waals surface area (Å²) in [6.45, 7) is 0.696. The molecule has 10 heteroatoms. The molecule has 0 saturated carbocycles. The summed E-state index contributed by atoms with van der Waals surface area (Å²) in [5.74, 6) is -1.29. The molecule has 1 aromatic carbocycles. The molecule has 6 nitrogen and oxygen atoms in total. The Morgan fingerprint density at radius 1 is 0.773 bits per heavy atom. The van der Waals surface area contributed by atoms with Gasteiger partial charge in [0.05, 0.1) is 37.6 Å². The van der Waals surface area contributed by atoms with E-state index >= 15 is 0 Å². The molecule has 0 fully saturated rings. The number of halogens is 4. The quantitative estimate of drug-likeness (QED) is 0.190. The van der Waals surface area contributed by atoms with Crippen LogP contribution in [0.3, 0.4) is 0 Å². The fourth-order valence-corrected chi connectivity index (χ4v) is 3.87. The average Bonchev–Trinajstić information content (AvgIpc) is 2.79. The van der Waals surface area contributed by atoms with Crippen LogP contribution in [-0.4, -0.2) is 48.6 Å². The Hall–Kier alpha value is 0.160. The van der Waals surface area contributed by atoms with Gasteiger partial charge in [-0.25, -0.2) is 9.59 Å². The molecule has 0 unspecified atom stereocenters. The zero-order chi connectivity index (χ0) is 16.9. The molecule has 0 saturated heterocycles. The van der Waals surface area contributed by atoms with E-state index in [1.165, 1.54) is 0 Å². The summed E-state index contributed by atoms with van der Waals surface area (Å²) in [6.07, 6.45) is 0. The predicted octanol–water partition coefficient (Wildman–Crippen LogP) is 3.03. The third-order valence-corrected chi connectivity index (χ3v) is 7.10. The van der Waals surface area contributed by atoms with Crippen LogP contribution in [0.2, 0.25) is 0 Å². The van der Waals surface area contributed by atoms with Gasteiger partial charge in [-0.15, -0.1) is 0 Å². The summed E-state index contributed by atoms with van der Waals surface area (Å²) in [5.41, 5.74) is 0.476. The number of esters is 2. The highest BCUT2D eigenvalue weighted by Crippen LogP contribution is 2.44. The second kappa shape index (κ2) is 9.45. The maximum absolute atomic E-state index is 11.4. The lowest BCUT2D eigenvalue weighted by atomic mass is 10.1. The second-order valence-corrected chi connectivity index (χ2v) is 6.91. The van der Waals surface area contributed by atoms with Crippen LogP contribution in [0.4, 0.5) is 0 Å². The Morgan fingerprint density at radius 3 is 1.45 bits per heavy atom. The van der Waals surface area contributed by atoms with E-state index in [2.05, 4.69) is 73.2 Å². The van der Waals surface area contributed by atoms with E-state index in [-0.39, 0.29) is 24.3 Å². The number of carbonyl (C=O) groups is 2. The number of aliphatic hydroxyl groups is 2. The van der Waals surface area contributed by atoms with Gasteiger partial charge in [-0.3, -0.25) is 0 Å². The molecular weight excluding hydrogens is 560 g/mol. The normalized spacial score (nSPS) is 12.6. The molecular formula is C12H10Br4O6. The molecule has 2 N–H and O–H groups in total. The van der Waals surface area contributed by atoms with Crippen molar-refractivity contribution >= 4 is 75.7 Å². The first-order chi connectivity index (χ1) is 10.4. The van der Waals surface area contributed by atoms with E-state index < -0.39 is 11.9 Å². The van der Waals surface area contributed by atoms with Gasteiger partial charge in [0.25, 0.3) is 0 Å². The van der Waals surface area contributed by atoms with E-state index in [0.717, 1.165) is 0 Å². The van der Waals surface area contributed by atoms with Crippen LogP contribution in [0.15, 0.2) is 17.9 Å². The first-order valence-corrected chi connectivity index (χ1v) is 8.95. The molecule has 0 spiro atoms. The highest BCUT2D eigenvalue weighted by Gasteiger charge is 2.36. The van der Waals surface area contributed by atoms with Crippen molar-refractivity contribution in [3.8, 4) is 0 Å². The Kier molecular flexibility index (Phi) is 8.68. The van der Waals surface area contributed by atoms with Gasteiger partial charge >= 0.3 is 11.9 Å². The van der Waals surface area contributed by atoms with Crippen molar-refractivity contribution in [1.82, 2.24) is 0 Å². The summed E-state index contributed by atoms with van der Waals surface area (Å²) >= 11 is 13.0. The number of aliphatic hydroxyl groups excluding tert-OH is 2. The fourth-order valence-electron chi connectivity index (χ4n) is 1.43. The minimum Gasteiger partial charge on any atom is -0.394 e. The van der Waals surface area contributed by atoms with Crippen molar-refractivity contribution in [2.24, 2.45) is 0 Å². The van der Waals surface area contributed by atoms with Crippen molar-refractivity contribution in [3.63, 3.8) is 0 Å². The Morgan fingerprint density at radius 2 is 1.14 bits per heavy atom. The Bertz CT molecular complexity index is 541. The van der Waals surface area contributed by atoms with Gasteiger partial charge in [0, 0.05) is 17.9 Å². The van der Waals surface area contributed by atoms with Crippen LogP contribution in [0.25, 0.3) is 0 Å². The third-order valence-electron chi connectivity index (χ3n) is 2.33. The number of hydrogen-bond acceptors (Lipinski definition) is 6. The van der Waals surface area contributed by atoms with Crippen LogP contribution in [-0.2, 0) is 9.47 Å². The summed E-state index contributed by atoms with van der Waals surface area (Å²) in [4.78, 5) is 22.8. The topological polar surface area (TPSA) is 93.1 Å². The maximum atomic E-state index is 11.4. The number of ether oxygens (including phenoxy) is 2. The van der Waals surface area contributed by atoms with Crippen molar-refractivity contribution < 1.29 is 29.3 Å². The van der Waals surface area contributed by atoms with Crippen molar-refractivity contribution in [2.75, 3.05) is 26.4 Å². The van der Waals surface area contributed by atoms with Gasteiger partial charge in [-0.1, -0.05) is 0 Å². The van der Waals surface area contributed by atoms with Gasteiger partial charge in [0.2, 0.25) is 0 Å². The van der Waals surface area contributed by atoms with Gasteiger partial charge in [0.15, 0.2) is 0 Å². The Labute approximate surface area is 159 Å². The lowest BCUT2D eigenvalue weighted by Gasteiger charge is -2.06. The number of benzene rings is 1.